The lowest BCUT2D eigenvalue weighted by atomic mass is 9.86. The van der Waals surface area contributed by atoms with Crippen molar-refractivity contribution in [2.24, 2.45) is 11.1 Å². The van der Waals surface area contributed by atoms with Gasteiger partial charge < -0.3 is 15.8 Å². The van der Waals surface area contributed by atoms with Gasteiger partial charge in [-0.2, -0.15) is 0 Å². The molecule has 1 fully saturated rings. The van der Waals surface area contributed by atoms with Crippen molar-refractivity contribution < 1.29 is 9.53 Å². The van der Waals surface area contributed by atoms with Gasteiger partial charge in [0.1, 0.15) is 0 Å². The van der Waals surface area contributed by atoms with Gasteiger partial charge in [-0.25, -0.2) is 0 Å². The monoisotopic (exact) mass is 214 g/mol. The zero-order valence-electron chi connectivity index (χ0n) is 9.88. The first kappa shape index (κ1) is 12.5. The predicted octanol–water partition coefficient (Wildman–Crippen LogP) is 0.655. The maximum absolute atomic E-state index is 11.8. The molecule has 0 aromatic heterocycles. The van der Waals surface area contributed by atoms with Crippen LogP contribution in [0.5, 0.6) is 0 Å². The first-order valence-corrected chi connectivity index (χ1v) is 5.55. The van der Waals surface area contributed by atoms with Crippen LogP contribution in [0.3, 0.4) is 0 Å². The Morgan fingerprint density at radius 2 is 2.20 bits per heavy atom. The summed E-state index contributed by atoms with van der Waals surface area (Å²) in [6, 6.07) is -0.320. The molecule has 0 bridgehead atoms. The number of rotatable bonds is 2. The van der Waals surface area contributed by atoms with Gasteiger partial charge in [-0.1, -0.05) is 20.8 Å². The maximum Gasteiger partial charge on any atom is 0.237 e. The average molecular weight is 214 g/mol. The van der Waals surface area contributed by atoms with Crippen molar-refractivity contribution in [2.45, 2.75) is 45.7 Å². The van der Waals surface area contributed by atoms with Crippen molar-refractivity contribution in [3.63, 3.8) is 0 Å². The van der Waals surface area contributed by atoms with Crippen LogP contribution in [0, 0.1) is 5.41 Å². The Morgan fingerprint density at radius 3 is 2.67 bits per heavy atom. The summed E-state index contributed by atoms with van der Waals surface area (Å²) in [5.74, 6) is -0.0713. The smallest absolute Gasteiger partial charge is 0.237 e. The molecule has 1 unspecified atom stereocenters. The zero-order chi connectivity index (χ0) is 11.5. The summed E-state index contributed by atoms with van der Waals surface area (Å²) < 4.78 is 5.29. The Hall–Kier alpha value is -0.610. The molecule has 1 aliphatic heterocycles. The maximum atomic E-state index is 11.8. The second-order valence-corrected chi connectivity index (χ2v) is 5.27. The Labute approximate surface area is 91.5 Å². The number of amides is 1. The van der Waals surface area contributed by atoms with E-state index in [1.54, 1.807) is 0 Å². The lowest BCUT2D eigenvalue weighted by molar-refractivity contribution is -0.126. The molecule has 1 heterocycles. The highest BCUT2D eigenvalue weighted by Gasteiger charge is 2.29. The Kier molecular flexibility index (Phi) is 4.11. The van der Waals surface area contributed by atoms with E-state index in [4.69, 9.17) is 10.5 Å². The normalized spacial score (nSPS) is 24.7. The molecule has 3 N–H and O–H groups in total. The molecule has 0 aromatic carbocycles. The summed E-state index contributed by atoms with van der Waals surface area (Å²) in [5.41, 5.74) is 5.66. The highest BCUT2D eigenvalue weighted by Crippen LogP contribution is 2.17. The van der Waals surface area contributed by atoms with Gasteiger partial charge in [-0.05, 0) is 18.3 Å². The second-order valence-electron chi connectivity index (χ2n) is 5.27. The second kappa shape index (κ2) is 4.94. The fourth-order valence-electron chi connectivity index (χ4n) is 1.54. The molecule has 1 rings (SSSR count). The van der Waals surface area contributed by atoms with Crippen LogP contribution in [0.15, 0.2) is 0 Å². The van der Waals surface area contributed by atoms with Crippen LogP contribution in [0.2, 0.25) is 0 Å². The molecule has 0 aliphatic carbocycles. The first-order valence-electron chi connectivity index (χ1n) is 5.55. The summed E-state index contributed by atoms with van der Waals surface area (Å²) in [5, 5.41) is 2.94. The van der Waals surface area contributed by atoms with Crippen molar-refractivity contribution in [1.29, 1.82) is 0 Å². The van der Waals surface area contributed by atoms with Gasteiger partial charge in [0.2, 0.25) is 5.91 Å². The number of hydrogen-bond donors (Lipinski definition) is 2. The van der Waals surface area contributed by atoms with E-state index in [0.29, 0.717) is 6.61 Å². The fraction of sp³-hybridized carbons (Fsp3) is 0.909. The molecule has 0 radical (unpaired) electrons. The van der Waals surface area contributed by atoms with Crippen LogP contribution >= 0.6 is 0 Å². The quantitative estimate of drug-likeness (QED) is 0.709. The standard InChI is InChI=1S/C11H22N2O2/c1-11(2,3)9(12)10(14)13-8-5-4-6-15-7-8/h8-9H,4-7,12H2,1-3H3,(H,13,14)/t8?,9-/m1/s1. The molecule has 4 nitrogen and oxygen atoms in total. The third-order valence-electron chi connectivity index (χ3n) is 2.72. The van der Waals surface area contributed by atoms with Crippen molar-refractivity contribution in [1.82, 2.24) is 5.32 Å². The molecular weight excluding hydrogens is 192 g/mol. The van der Waals surface area contributed by atoms with Crippen LogP contribution in [0.4, 0.5) is 0 Å². The fourth-order valence-corrected chi connectivity index (χ4v) is 1.54. The number of nitrogens with one attached hydrogen (secondary N) is 1. The van der Waals surface area contributed by atoms with Gasteiger partial charge in [0.05, 0.1) is 18.7 Å². The molecule has 1 amide bonds. The van der Waals surface area contributed by atoms with E-state index in [-0.39, 0.29) is 17.4 Å². The van der Waals surface area contributed by atoms with Gasteiger partial charge in [-0.3, -0.25) is 4.79 Å². The summed E-state index contributed by atoms with van der Waals surface area (Å²) in [7, 11) is 0. The largest absolute Gasteiger partial charge is 0.379 e. The van der Waals surface area contributed by atoms with Crippen LogP contribution < -0.4 is 11.1 Å². The molecule has 4 heteroatoms. The lowest BCUT2D eigenvalue weighted by Crippen LogP contribution is -2.52. The molecule has 88 valence electrons. The minimum absolute atomic E-state index is 0.0713. The highest BCUT2D eigenvalue weighted by molar-refractivity contribution is 5.82. The summed E-state index contributed by atoms with van der Waals surface area (Å²) in [4.78, 5) is 11.8. The molecule has 1 saturated heterocycles. The van der Waals surface area contributed by atoms with Gasteiger partial charge >= 0.3 is 0 Å². The van der Waals surface area contributed by atoms with Gasteiger partial charge in [0.15, 0.2) is 0 Å². The van der Waals surface area contributed by atoms with E-state index in [1.807, 2.05) is 20.8 Å². The molecule has 2 atom stereocenters. The third kappa shape index (κ3) is 3.80. The van der Waals surface area contributed by atoms with Crippen LogP contribution in [0.25, 0.3) is 0 Å². The van der Waals surface area contributed by atoms with E-state index in [9.17, 15) is 4.79 Å². The van der Waals surface area contributed by atoms with Crippen LogP contribution in [-0.2, 0) is 9.53 Å². The minimum Gasteiger partial charge on any atom is -0.379 e. The van der Waals surface area contributed by atoms with E-state index >= 15 is 0 Å². The summed E-state index contributed by atoms with van der Waals surface area (Å²) >= 11 is 0. The number of nitrogens with two attached hydrogens (primary N) is 1. The zero-order valence-corrected chi connectivity index (χ0v) is 9.88. The number of hydrogen-bond acceptors (Lipinski definition) is 3. The molecule has 0 aromatic rings. The Bertz CT molecular complexity index is 217. The number of carbonyl (C=O) groups is 1. The molecule has 0 saturated carbocycles. The number of ether oxygens (including phenoxy) is 1. The molecule has 0 spiro atoms. The van der Waals surface area contributed by atoms with Gasteiger partial charge in [0, 0.05) is 6.61 Å². The lowest BCUT2D eigenvalue weighted by Gasteiger charge is -2.29. The van der Waals surface area contributed by atoms with E-state index in [2.05, 4.69) is 5.32 Å². The molecule has 15 heavy (non-hydrogen) atoms. The van der Waals surface area contributed by atoms with Crippen molar-refractivity contribution in [3.8, 4) is 0 Å². The molecule has 1 aliphatic rings. The predicted molar refractivity (Wildman–Crippen MR) is 59.4 cm³/mol. The van der Waals surface area contributed by atoms with E-state index in [1.165, 1.54) is 0 Å². The number of carbonyl (C=O) groups excluding carboxylic acids is 1. The van der Waals surface area contributed by atoms with Crippen LogP contribution in [0.1, 0.15) is 33.6 Å². The summed E-state index contributed by atoms with van der Waals surface area (Å²) in [6.45, 7) is 7.32. The Balaban J connectivity index is 2.40. The van der Waals surface area contributed by atoms with Crippen LogP contribution in [-0.4, -0.2) is 31.2 Å². The van der Waals surface area contributed by atoms with Gasteiger partial charge in [-0.15, -0.1) is 0 Å². The Morgan fingerprint density at radius 1 is 1.53 bits per heavy atom. The topological polar surface area (TPSA) is 64.4 Å². The molecular formula is C11H22N2O2. The van der Waals surface area contributed by atoms with Gasteiger partial charge in [0.25, 0.3) is 0 Å². The highest BCUT2D eigenvalue weighted by atomic mass is 16.5. The van der Waals surface area contributed by atoms with Crippen molar-refractivity contribution >= 4 is 5.91 Å². The first-order chi connectivity index (χ1) is 6.91. The van der Waals surface area contributed by atoms with Crippen molar-refractivity contribution in [2.75, 3.05) is 13.2 Å². The SMILES string of the molecule is CC(C)(C)[C@H](N)C(=O)NC1CCCOC1. The third-order valence-corrected chi connectivity index (χ3v) is 2.72. The van der Waals surface area contributed by atoms with Crippen molar-refractivity contribution in [3.05, 3.63) is 0 Å². The summed E-state index contributed by atoms with van der Waals surface area (Å²) in [6.07, 6.45) is 2.00. The minimum atomic E-state index is -0.459. The van der Waals surface area contributed by atoms with E-state index in [0.717, 1.165) is 19.4 Å². The average Bonchev–Trinajstić information content (AvgIpc) is 2.16. The van der Waals surface area contributed by atoms with E-state index < -0.39 is 6.04 Å².